The minimum absolute atomic E-state index is 0.0331. The van der Waals surface area contributed by atoms with Crippen molar-refractivity contribution in [3.8, 4) is 5.88 Å². The van der Waals surface area contributed by atoms with Crippen LogP contribution >= 0.6 is 11.6 Å². The molecule has 1 amide bonds. The number of carbonyl (C=O) groups is 1. The van der Waals surface area contributed by atoms with Crippen LogP contribution in [0.15, 0.2) is 35.1 Å². The SMILES string of the molecule is COc1cc(C2[C@H]3CN(c4nc5c([C@@H](C)Nc6ccc(Cl)nc6C(=O)NS(C)(=O)=O)cc(C)cc5c(=O)n4C)C[C@@H]23)nn1C. The van der Waals surface area contributed by atoms with Gasteiger partial charge in [-0.25, -0.2) is 27.8 Å². The Kier molecular flexibility index (Phi) is 7.31. The smallest absolute Gasteiger partial charge is 0.285 e. The molecule has 1 aromatic carbocycles. The third-order valence-corrected chi connectivity index (χ3v) is 9.17. The van der Waals surface area contributed by atoms with Gasteiger partial charge in [-0.1, -0.05) is 17.7 Å². The van der Waals surface area contributed by atoms with Crippen molar-refractivity contribution in [1.29, 1.82) is 0 Å². The Morgan fingerprint density at radius 2 is 1.84 bits per heavy atom. The minimum atomic E-state index is -3.83. The second-order valence-corrected chi connectivity index (χ2v) is 13.8. The number of nitrogens with one attached hydrogen (secondary N) is 2. The highest BCUT2D eigenvalue weighted by atomic mass is 35.5. The molecule has 2 N–H and O–H groups in total. The van der Waals surface area contributed by atoms with Gasteiger partial charge in [0.2, 0.25) is 21.9 Å². The van der Waals surface area contributed by atoms with Crippen molar-refractivity contribution in [3.05, 3.63) is 68.4 Å². The fourth-order valence-corrected chi connectivity index (χ4v) is 6.94. The molecule has 2 aliphatic rings. The van der Waals surface area contributed by atoms with Crippen LogP contribution in [-0.2, 0) is 24.1 Å². The van der Waals surface area contributed by atoms with Crippen molar-refractivity contribution >= 4 is 50.1 Å². The van der Waals surface area contributed by atoms with Gasteiger partial charge in [0, 0.05) is 44.7 Å². The molecule has 1 aliphatic carbocycles. The van der Waals surface area contributed by atoms with Crippen LogP contribution in [0.2, 0.25) is 5.15 Å². The molecule has 0 bridgehead atoms. The Balaban J connectivity index is 1.31. The van der Waals surface area contributed by atoms with E-state index in [-0.39, 0.29) is 22.1 Å². The average Bonchev–Trinajstić information content (AvgIpc) is 3.24. The predicted molar refractivity (Wildman–Crippen MR) is 167 cm³/mol. The van der Waals surface area contributed by atoms with Crippen molar-refractivity contribution in [1.82, 2.24) is 29.0 Å². The molecule has 0 radical (unpaired) electrons. The first-order valence-electron chi connectivity index (χ1n) is 14.0. The molecule has 4 aromatic rings. The maximum absolute atomic E-state index is 13.7. The van der Waals surface area contributed by atoms with E-state index in [4.69, 9.17) is 21.3 Å². The fourth-order valence-electron chi connectivity index (χ4n) is 6.36. The number of piperidine rings is 1. The summed E-state index contributed by atoms with van der Waals surface area (Å²) in [5.74, 6) is 1.57. The summed E-state index contributed by atoms with van der Waals surface area (Å²) >= 11 is 6.04. The van der Waals surface area contributed by atoms with Crippen LogP contribution in [0.4, 0.5) is 11.6 Å². The Morgan fingerprint density at radius 1 is 1.14 bits per heavy atom. The lowest BCUT2D eigenvalue weighted by Gasteiger charge is -2.25. The molecule has 6 rings (SSSR count). The molecule has 1 aliphatic heterocycles. The van der Waals surface area contributed by atoms with E-state index in [0.29, 0.717) is 34.6 Å². The normalized spacial score (nSPS) is 20.0. The number of carbonyl (C=O) groups excluding carboxylic acids is 1. The Labute approximate surface area is 259 Å². The van der Waals surface area contributed by atoms with Crippen molar-refractivity contribution in [2.45, 2.75) is 25.8 Å². The van der Waals surface area contributed by atoms with Crippen LogP contribution in [0.3, 0.4) is 0 Å². The average molecular weight is 641 g/mol. The van der Waals surface area contributed by atoms with Crippen LogP contribution in [0.1, 0.15) is 46.2 Å². The highest BCUT2D eigenvalue weighted by Gasteiger charge is 2.58. The molecule has 1 saturated heterocycles. The molecule has 13 nitrogen and oxygen atoms in total. The molecule has 4 heterocycles. The maximum atomic E-state index is 13.7. The lowest BCUT2D eigenvalue weighted by atomic mass is 10.0. The number of ether oxygens (including phenoxy) is 1. The van der Waals surface area contributed by atoms with Crippen LogP contribution < -0.4 is 25.2 Å². The van der Waals surface area contributed by atoms with Gasteiger partial charge in [-0.2, -0.15) is 5.10 Å². The first-order chi connectivity index (χ1) is 20.8. The zero-order chi connectivity index (χ0) is 31.7. The van der Waals surface area contributed by atoms with Gasteiger partial charge >= 0.3 is 0 Å². The summed E-state index contributed by atoms with van der Waals surface area (Å²) in [6.45, 7) is 5.28. The van der Waals surface area contributed by atoms with Crippen molar-refractivity contribution in [2.75, 3.05) is 36.7 Å². The summed E-state index contributed by atoms with van der Waals surface area (Å²) in [5.41, 5.74) is 3.13. The number of rotatable bonds is 8. The third kappa shape index (κ3) is 5.36. The van der Waals surface area contributed by atoms with Gasteiger partial charge in [-0.05, 0) is 49.4 Å². The van der Waals surface area contributed by atoms with Gasteiger partial charge in [-0.3, -0.25) is 14.2 Å². The van der Waals surface area contributed by atoms with E-state index in [1.807, 2.05) is 43.8 Å². The first-order valence-corrected chi connectivity index (χ1v) is 16.3. The number of pyridine rings is 1. The molecular weight excluding hydrogens is 608 g/mol. The van der Waals surface area contributed by atoms with E-state index >= 15 is 0 Å². The van der Waals surface area contributed by atoms with E-state index in [2.05, 4.69) is 20.3 Å². The minimum Gasteiger partial charge on any atom is -0.481 e. The number of aryl methyl sites for hydroxylation is 2. The zero-order valence-corrected chi connectivity index (χ0v) is 26.7. The van der Waals surface area contributed by atoms with Crippen molar-refractivity contribution in [3.63, 3.8) is 0 Å². The maximum Gasteiger partial charge on any atom is 0.285 e. The standard InChI is InChI=1S/C29H33ClN8O5S/c1-14-9-16(15(2)31-20-7-8-22(30)32-26(20)27(39)35-44(6,41)42)25-17(10-14)28(40)36(3)29(33-25)38-12-18-19(13-38)24(18)21-11-23(43-5)37(4)34-21/h7-11,15,18-19,24,31H,12-13H2,1-6H3,(H,35,39)/t15-,18-,19+,24?/m1/s1. The summed E-state index contributed by atoms with van der Waals surface area (Å²) in [6.07, 6.45) is 0.882. The fraction of sp³-hybridized carbons (Fsp3) is 0.414. The molecule has 2 fully saturated rings. The van der Waals surface area contributed by atoms with E-state index in [9.17, 15) is 18.0 Å². The van der Waals surface area contributed by atoms with Crippen LogP contribution in [-0.4, -0.2) is 65.1 Å². The number of hydrogen-bond acceptors (Lipinski definition) is 10. The molecule has 3 aromatic heterocycles. The Morgan fingerprint density at radius 3 is 2.48 bits per heavy atom. The molecule has 1 saturated carbocycles. The molecule has 15 heteroatoms. The summed E-state index contributed by atoms with van der Waals surface area (Å²) in [5, 5.41) is 8.40. The van der Waals surface area contributed by atoms with Gasteiger partial charge in [0.1, 0.15) is 5.15 Å². The van der Waals surface area contributed by atoms with Gasteiger partial charge in [0.05, 0.1) is 41.7 Å². The van der Waals surface area contributed by atoms with E-state index < -0.39 is 22.0 Å². The van der Waals surface area contributed by atoms with Gasteiger partial charge < -0.3 is 15.0 Å². The number of anilines is 2. The number of sulfonamides is 1. The van der Waals surface area contributed by atoms with Gasteiger partial charge in [0.15, 0.2) is 5.69 Å². The molecule has 44 heavy (non-hydrogen) atoms. The summed E-state index contributed by atoms with van der Waals surface area (Å²) in [4.78, 5) is 37.7. The zero-order valence-electron chi connectivity index (χ0n) is 25.1. The highest BCUT2D eigenvalue weighted by molar-refractivity contribution is 7.89. The summed E-state index contributed by atoms with van der Waals surface area (Å²) in [6, 6.07) is 8.37. The number of nitrogens with zero attached hydrogens (tertiary/aromatic N) is 6. The quantitative estimate of drug-likeness (QED) is 0.275. The predicted octanol–water partition coefficient (Wildman–Crippen LogP) is 2.74. The highest BCUT2D eigenvalue weighted by Crippen LogP contribution is 2.58. The van der Waals surface area contributed by atoms with Gasteiger partial charge in [0.25, 0.3) is 11.5 Å². The van der Waals surface area contributed by atoms with Crippen LogP contribution in [0, 0.1) is 18.8 Å². The van der Waals surface area contributed by atoms with Crippen LogP contribution in [0.5, 0.6) is 5.88 Å². The Hall–Kier alpha value is -4.17. The molecule has 0 spiro atoms. The Bertz CT molecular complexity index is 1980. The lowest BCUT2D eigenvalue weighted by Crippen LogP contribution is -2.32. The number of fused-ring (bicyclic) bond motifs is 2. The summed E-state index contributed by atoms with van der Waals surface area (Å²) < 4.78 is 34.1. The summed E-state index contributed by atoms with van der Waals surface area (Å²) in [7, 11) is 1.41. The monoisotopic (exact) mass is 640 g/mol. The molecule has 232 valence electrons. The van der Waals surface area contributed by atoms with E-state index in [1.54, 1.807) is 29.5 Å². The third-order valence-electron chi connectivity index (χ3n) is 8.41. The number of halogens is 1. The number of aromatic nitrogens is 5. The van der Waals surface area contributed by atoms with Crippen LogP contribution in [0.25, 0.3) is 10.9 Å². The van der Waals surface area contributed by atoms with Crippen molar-refractivity contribution < 1.29 is 17.9 Å². The number of methoxy groups -OCH3 is 1. The molecular formula is C29H33ClN8O5S. The second-order valence-electron chi connectivity index (χ2n) is 11.6. The number of amides is 1. The van der Waals surface area contributed by atoms with Gasteiger partial charge in [-0.15, -0.1) is 0 Å². The van der Waals surface area contributed by atoms with Crippen molar-refractivity contribution in [2.24, 2.45) is 25.9 Å². The van der Waals surface area contributed by atoms with E-state index in [1.165, 1.54) is 6.07 Å². The topological polar surface area (TPSA) is 153 Å². The second kappa shape index (κ2) is 10.8. The van der Waals surface area contributed by atoms with E-state index in [0.717, 1.165) is 42.0 Å². The first kappa shape index (κ1) is 29.9. The largest absolute Gasteiger partial charge is 0.481 e. The number of benzene rings is 1. The molecule has 4 atom stereocenters. The lowest BCUT2D eigenvalue weighted by molar-refractivity contribution is 0.0977. The molecule has 1 unspecified atom stereocenters. The number of hydrogen-bond donors (Lipinski definition) is 2.